The van der Waals surface area contributed by atoms with Gasteiger partial charge < -0.3 is 15.1 Å². The fraction of sp³-hybridized carbons (Fsp3) is 0.579. The molecular weight excluding hydrogens is 300 g/mol. The third-order valence-corrected chi connectivity index (χ3v) is 5.33. The molecule has 1 saturated carbocycles. The highest BCUT2D eigenvalue weighted by atomic mass is 16.4. The second-order valence-corrected chi connectivity index (χ2v) is 7.17. The Bertz CT molecular complexity index is 684. The van der Waals surface area contributed by atoms with Crippen LogP contribution in [0, 0.1) is 12.8 Å². The quantitative estimate of drug-likeness (QED) is 0.898. The molecule has 24 heavy (non-hydrogen) atoms. The Labute approximate surface area is 143 Å². The van der Waals surface area contributed by atoms with Gasteiger partial charge in [0, 0.05) is 37.7 Å². The van der Waals surface area contributed by atoms with E-state index in [1.807, 2.05) is 6.92 Å². The molecular formula is C19H26N4O. The molecule has 2 aromatic rings. The predicted molar refractivity (Wildman–Crippen MR) is 93.9 cm³/mol. The van der Waals surface area contributed by atoms with Crippen LogP contribution in [0.1, 0.15) is 55.5 Å². The van der Waals surface area contributed by atoms with E-state index < -0.39 is 0 Å². The molecule has 4 rings (SSSR count). The van der Waals surface area contributed by atoms with E-state index >= 15 is 0 Å². The van der Waals surface area contributed by atoms with Gasteiger partial charge in [-0.3, -0.25) is 0 Å². The molecule has 0 radical (unpaired) electrons. The summed E-state index contributed by atoms with van der Waals surface area (Å²) in [4.78, 5) is 0. The van der Waals surface area contributed by atoms with Crippen molar-refractivity contribution in [3.05, 3.63) is 41.6 Å². The number of fused-ring (bicyclic) bond motifs is 1. The monoisotopic (exact) mass is 326 g/mol. The molecule has 0 bridgehead atoms. The first-order valence-corrected chi connectivity index (χ1v) is 9.16. The topological polar surface area (TPSA) is 63.0 Å². The molecule has 2 aliphatic rings. The van der Waals surface area contributed by atoms with Gasteiger partial charge in [0.15, 0.2) is 0 Å². The number of aryl methyl sites for hydroxylation is 1. The summed E-state index contributed by atoms with van der Waals surface area (Å²) in [5, 5.41) is 15.6. The van der Waals surface area contributed by atoms with E-state index in [0.717, 1.165) is 18.9 Å². The van der Waals surface area contributed by atoms with Gasteiger partial charge in [-0.05, 0) is 49.7 Å². The molecule has 128 valence electrons. The van der Waals surface area contributed by atoms with Crippen molar-refractivity contribution >= 4 is 5.69 Å². The molecule has 0 amide bonds. The first kappa shape index (κ1) is 15.6. The maximum absolute atomic E-state index is 5.54. The van der Waals surface area contributed by atoms with Crippen LogP contribution in [0.5, 0.6) is 0 Å². The van der Waals surface area contributed by atoms with Crippen molar-refractivity contribution in [1.29, 1.82) is 0 Å². The van der Waals surface area contributed by atoms with Gasteiger partial charge in [-0.1, -0.05) is 18.2 Å². The summed E-state index contributed by atoms with van der Waals surface area (Å²) in [6.07, 6.45) is 7.02. The summed E-state index contributed by atoms with van der Waals surface area (Å²) in [5.41, 5.74) is 2.72. The second-order valence-electron chi connectivity index (χ2n) is 7.17. The number of aromatic nitrogens is 2. The van der Waals surface area contributed by atoms with Crippen LogP contribution in [0.2, 0.25) is 0 Å². The lowest BCUT2D eigenvalue weighted by Gasteiger charge is -2.23. The van der Waals surface area contributed by atoms with Crippen molar-refractivity contribution in [3.63, 3.8) is 0 Å². The van der Waals surface area contributed by atoms with Crippen LogP contribution in [0.3, 0.4) is 0 Å². The minimum absolute atomic E-state index is 0.464. The maximum atomic E-state index is 5.54. The zero-order valence-electron chi connectivity index (χ0n) is 14.3. The molecule has 5 nitrogen and oxygen atoms in total. The van der Waals surface area contributed by atoms with Gasteiger partial charge >= 0.3 is 0 Å². The van der Waals surface area contributed by atoms with E-state index in [0.29, 0.717) is 23.9 Å². The highest BCUT2D eigenvalue weighted by molar-refractivity contribution is 5.53. The van der Waals surface area contributed by atoms with Gasteiger partial charge in [0.05, 0.1) is 0 Å². The van der Waals surface area contributed by atoms with Crippen LogP contribution < -0.4 is 10.6 Å². The average Bonchev–Trinajstić information content (AvgIpc) is 3.14. The van der Waals surface area contributed by atoms with Crippen LogP contribution in [0.15, 0.2) is 28.7 Å². The molecule has 0 saturated heterocycles. The van der Waals surface area contributed by atoms with E-state index in [1.54, 1.807) is 0 Å². The Morgan fingerprint density at radius 2 is 2.12 bits per heavy atom. The largest absolute Gasteiger partial charge is 0.426 e. The minimum Gasteiger partial charge on any atom is -0.426 e. The molecule has 1 aromatic heterocycles. The van der Waals surface area contributed by atoms with Gasteiger partial charge in [-0.2, -0.15) is 0 Å². The normalized spacial score (nSPS) is 26.6. The van der Waals surface area contributed by atoms with Crippen molar-refractivity contribution in [2.45, 2.75) is 57.5 Å². The zero-order chi connectivity index (χ0) is 16.4. The Morgan fingerprint density at radius 3 is 3.00 bits per heavy atom. The van der Waals surface area contributed by atoms with E-state index in [-0.39, 0.29) is 0 Å². The average molecular weight is 326 g/mol. The van der Waals surface area contributed by atoms with Crippen LogP contribution in [-0.2, 0) is 6.42 Å². The molecule has 1 fully saturated rings. The van der Waals surface area contributed by atoms with E-state index in [2.05, 4.69) is 45.1 Å². The fourth-order valence-corrected chi connectivity index (χ4v) is 4.18. The first-order chi connectivity index (χ1) is 11.8. The number of anilines is 1. The molecule has 1 aliphatic carbocycles. The molecule has 5 heteroatoms. The summed E-state index contributed by atoms with van der Waals surface area (Å²) in [6, 6.07) is 9.78. The number of rotatable bonds is 4. The highest BCUT2D eigenvalue weighted by Crippen LogP contribution is 2.34. The lowest BCUT2D eigenvalue weighted by atomic mass is 9.99. The number of para-hydroxylation sites is 1. The number of benzene rings is 1. The summed E-state index contributed by atoms with van der Waals surface area (Å²) in [6.45, 7) is 2.92. The third kappa shape index (κ3) is 3.46. The predicted octanol–water partition coefficient (Wildman–Crippen LogP) is 3.63. The summed E-state index contributed by atoms with van der Waals surface area (Å²) in [5.74, 6) is 2.11. The van der Waals surface area contributed by atoms with Gasteiger partial charge in [0.2, 0.25) is 11.8 Å². The van der Waals surface area contributed by atoms with Gasteiger partial charge in [0.25, 0.3) is 0 Å². The standard InChI is InChI=1S/C19H26N4O/c1-13-22-23-19(24-13)12-14-8-9-15(11-14)21-18-7-4-10-20-17-6-3-2-5-16(17)18/h2-3,5-6,14-15,18,20-21H,4,7-12H2,1H3/t14-,15+,18?/m1/s1. The van der Waals surface area contributed by atoms with E-state index in [9.17, 15) is 0 Å². The van der Waals surface area contributed by atoms with Crippen LogP contribution >= 0.6 is 0 Å². The number of hydrogen-bond acceptors (Lipinski definition) is 5. The van der Waals surface area contributed by atoms with Crippen molar-refractivity contribution in [2.75, 3.05) is 11.9 Å². The number of nitrogens with one attached hydrogen (secondary N) is 2. The van der Waals surface area contributed by atoms with Crippen molar-refractivity contribution in [3.8, 4) is 0 Å². The zero-order valence-corrected chi connectivity index (χ0v) is 14.3. The van der Waals surface area contributed by atoms with Crippen molar-refractivity contribution in [1.82, 2.24) is 15.5 Å². The minimum atomic E-state index is 0.464. The highest BCUT2D eigenvalue weighted by Gasteiger charge is 2.29. The molecule has 3 atom stereocenters. The Hall–Kier alpha value is -1.88. The fourth-order valence-electron chi connectivity index (χ4n) is 4.18. The summed E-state index contributed by atoms with van der Waals surface area (Å²) >= 11 is 0. The Kier molecular flexibility index (Phi) is 4.52. The number of nitrogens with zero attached hydrogens (tertiary/aromatic N) is 2. The molecule has 0 spiro atoms. The Morgan fingerprint density at radius 1 is 1.21 bits per heavy atom. The van der Waals surface area contributed by atoms with Crippen molar-refractivity contribution < 1.29 is 4.42 Å². The van der Waals surface area contributed by atoms with E-state index in [1.165, 1.54) is 43.4 Å². The van der Waals surface area contributed by atoms with Gasteiger partial charge in [-0.15, -0.1) is 10.2 Å². The lowest BCUT2D eigenvalue weighted by molar-refractivity contribution is 0.389. The molecule has 2 N–H and O–H groups in total. The lowest BCUT2D eigenvalue weighted by Crippen LogP contribution is -2.31. The van der Waals surface area contributed by atoms with Crippen LogP contribution in [0.4, 0.5) is 5.69 Å². The summed E-state index contributed by atoms with van der Waals surface area (Å²) < 4.78 is 5.54. The Balaban J connectivity index is 1.38. The number of hydrogen-bond donors (Lipinski definition) is 2. The molecule has 1 unspecified atom stereocenters. The molecule has 2 heterocycles. The van der Waals surface area contributed by atoms with Crippen molar-refractivity contribution in [2.24, 2.45) is 5.92 Å². The van der Waals surface area contributed by atoms with Crippen LogP contribution in [0.25, 0.3) is 0 Å². The summed E-state index contributed by atoms with van der Waals surface area (Å²) in [7, 11) is 0. The third-order valence-electron chi connectivity index (χ3n) is 5.33. The second kappa shape index (κ2) is 6.93. The molecule has 1 aromatic carbocycles. The van der Waals surface area contributed by atoms with Gasteiger partial charge in [-0.25, -0.2) is 0 Å². The van der Waals surface area contributed by atoms with Gasteiger partial charge in [0.1, 0.15) is 0 Å². The maximum Gasteiger partial charge on any atom is 0.216 e. The van der Waals surface area contributed by atoms with E-state index in [4.69, 9.17) is 4.42 Å². The SMILES string of the molecule is Cc1nnc(C[C@@H]2CC[C@H](NC3CCCNc4ccccc43)C2)o1. The first-order valence-electron chi connectivity index (χ1n) is 9.16. The molecule has 1 aliphatic heterocycles. The smallest absolute Gasteiger partial charge is 0.216 e. The van der Waals surface area contributed by atoms with Crippen LogP contribution in [-0.4, -0.2) is 22.8 Å².